The first-order valence-electron chi connectivity index (χ1n) is 7.57. The summed E-state index contributed by atoms with van der Waals surface area (Å²) >= 11 is 0. The lowest BCUT2D eigenvalue weighted by Crippen LogP contribution is -2.42. The van der Waals surface area contributed by atoms with E-state index in [2.05, 4.69) is 5.32 Å². The number of benzene rings is 2. The zero-order valence-corrected chi connectivity index (χ0v) is 13.0. The molecule has 0 saturated heterocycles. The molecule has 0 aliphatic heterocycles. The van der Waals surface area contributed by atoms with Gasteiger partial charge in [-0.05, 0) is 29.7 Å². The van der Waals surface area contributed by atoms with Gasteiger partial charge >= 0.3 is 0 Å². The highest BCUT2D eigenvalue weighted by Gasteiger charge is 2.30. The number of amides is 1. The summed E-state index contributed by atoms with van der Waals surface area (Å²) in [6, 6.07) is 15.0. The van der Waals surface area contributed by atoms with Gasteiger partial charge in [-0.15, -0.1) is 0 Å². The maximum Gasteiger partial charge on any atom is 0.258 e. The van der Waals surface area contributed by atoms with Crippen molar-refractivity contribution < 1.29 is 14.3 Å². The van der Waals surface area contributed by atoms with Crippen LogP contribution in [-0.4, -0.2) is 25.7 Å². The molecular weight excluding hydrogens is 292 g/mol. The van der Waals surface area contributed by atoms with E-state index in [0.29, 0.717) is 11.5 Å². The van der Waals surface area contributed by atoms with E-state index in [9.17, 15) is 4.79 Å². The molecule has 0 radical (unpaired) electrons. The molecule has 5 nitrogen and oxygen atoms in total. The zero-order valence-electron chi connectivity index (χ0n) is 13.0. The molecule has 0 saturated carbocycles. The molecule has 1 aliphatic carbocycles. The molecule has 0 unspecified atom stereocenters. The van der Waals surface area contributed by atoms with Crippen LogP contribution in [0.4, 0.5) is 0 Å². The van der Waals surface area contributed by atoms with Crippen molar-refractivity contribution in [1.29, 1.82) is 0 Å². The number of hydrogen-bond acceptors (Lipinski definition) is 4. The van der Waals surface area contributed by atoms with Crippen LogP contribution in [0.25, 0.3) is 0 Å². The lowest BCUT2D eigenvalue weighted by atomic mass is 10.1. The molecule has 3 N–H and O–H groups in total. The van der Waals surface area contributed by atoms with E-state index in [1.54, 1.807) is 19.2 Å². The van der Waals surface area contributed by atoms with E-state index in [4.69, 9.17) is 15.2 Å². The second-order valence-corrected chi connectivity index (χ2v) is 5.54. The number of rotatable bonds is 5. The maximum atomic E-state index is 12.1. The smallest absolute Gasteiger partial charge is 0.258 e. The average molecular weight is 312 g/mol. The summed E-state index contributed by atoms with van der Waals surface area (Å²) < 4.78 is 10.7. The van der Waals surface area contributed by atoms with Crippen LogP contribution in [0.3, 0.4) is 0 Å². The Morgan fingerprint density at radius 3 is 2.61 bits per heavy atom. The van der Waals surface area contributed by atoms with Crippen LogP contribution in [0.1, 0.15) is 17.2 Å². The Morgan fingerprint density at radius 2 is 1.87 bits per heavy atom. The molecule has 3 rings (SSSR count). The largest absolute Gasteiger partial charge is 0.493 e. The Labute approximate surface area is 135 Å². The molecule has 0 spiro atoms. The highest BCUT2D eigenvalue weighted by molar-refractivity contribution is 5.78. The van der Waals surface area contributed by atoms with E-state index in [-0.39, 0.29) is 24.6 Å². The van der Waals surface area contributed by atoms with E-state index in [1.807, 2.05) is 36.4 Å². The van der Waals surface area contributed by atoms with E-state index < -0.39 is 0 Å². The molecule has 0 fully saturated rings. The third-order valence-electron chi connectivity index (χ3n) is 4.06. The van der Waals surface area contributed by atoms with Crippen molar-refractivity contribution in [3.8, 4) is 11.5 Å². The van der Waals surface area contributed by atoms with Crippen LogP contribution < -0.4 is 20.5 Å². The lowest BCUT2D eigenvalue weighted by molar-refractivity contribution is -0.123. The number of fused-ring (bicyclic) bond motifs is 1. The molecule has 23 heavy (non-hydrogen) atoms. The number of methoxy groups -OCH3 is 1. The SMILES string of the molecule is COc1ccccc1OCC(=O)N[C@@H]1Cc2ccccc2[C@H]1N. The number of carbonyl (C=O) groups excluding carboxylic acids is 1. The summed E-state index contributed by atoms with van der Waals surface area (Å²) in [5.74, 6) is 0.957. The van der Waals surface area contributed by atoms with Crippen LogP contribution in [0, 0.1) is 0 Å². The van der Waals surface area contributed by atoms with Crippen molar-refractivity contribution >= 4 is 5.91 Å². The first-order chi connectivity index (χ1) is 11.2. The van der Waals surface area contributed by atoms with Crippen molar-refractivity contribution in [3.05, 3.63) is 59.7 Å². The number of para-hydroxylation sites is 2. The standard InChI is InChI=1S/C18H20N2O3/c1-22-15-8-4-5-9-16(15)23-11-17(21)20-14-10-12-6-2-3-7-13(12)18(14)19/h2-9,14,18H,10-11,19H2,1H3,(H,20,21)/t14-,18-/m1/s1. The monoisotopic (exact) mass is 312 g/mol. The first kappa shape index (κ1) is 15.4. The van der Waals surface area contributed by atoms with Crippen LogP contribution in [0.2, 0.25) is 0 Å². The van der Waals surface area contributed by atoms with Crippen molar-refractivity contribution in [1.82, 2.24) is 5.32 Å². The third-order valence-corrected chi connectivity index (χ3v) is 4.06. The van der Waals surface area contributed by atoms with Crippen LogP contribution in [0.5, 0.6) is 11.5 Å². The van der Waals surface area contributed by atoms with Gasteiger partial charge in [0.15, 0.2) is 18.1 Å². The van der Waals surface area contributed by atoms with Gasteiger partial charge in [-0.2, -0.15) is 0 Å². The summed E-state index contributed by atoms with van der Waals surface area (Å²) in [5.41, 5.74) is 8.51. The fraction of sp³-hybridized carbons (Fsp3) is 0.278. The molecular formula is C18H20N2O3. The highest BCUT2D eigenvalue weighted by atomic mass is 16.5. The van der Waals surface area contributed by atoms with Crippen LogP contribution in [-0.2, 0) is 11.2 Å². The van der Waals surface area contributed by atoms with E-state index >= 15 is 0 Å². The topological polar surface area (TPSA) is 73.6 Å². The predicted octanol–water partition coefficient (Wildman–Crippen LogP) is 1.81. The minimum Gasteiger partial charge on any atom is -0.493 e. The van der Waals surface area contributed by atoms with Crippen LogP contribution >= 0.6 is 0 Å². The predicted molar refractivity (Wildman–Crippen MR) is 87.5 cm³/mol. The van der Waals surface area contributed by atoms with Gasteiger partial charge in [0, 0.05) is 0 Å². The van der Waals surface area contributed by atoms with Gasteiger partial charge < -0.3 is 20.5 Å². The molecule has 1 aliphatic rings. The molecule has 0 bridgehead atoms. The number of nitrogens with two attached hydrogens (primary N) is 1. The van der Waals surface area contributed by atoms with Gasteiger partial charge in [0.2, 0.25) is 0 Å². The second kappa shape index (κ2) is 6.71. The van der Waals surface area contributed by atoms with Crippen LogP contribution in [0.15, 0.2) is 48.5 Å². The Hall–Kier alpha value is -2.53. The van der Waals surface area contributed by atoms with Gasteiger partial charge in [0.1, 0.15) is 0 Å². The summed E-state index contributed by atoms with van der Waals surface area (Å²) in [7, 11) is 1.57. The number of hydrogen-bond donors (Lipinski definition) is 2. The third kappa shape index (κ3) is 3.29. The molecule has 5 heteroatoms. The quantitative estimate of drug-likeness (QED) is 0.883. The Morgan fingerprint density at radius 1 is 1.17 bits per heavy atom. The molecule has 2 aromatic carbocycles. The molecule has 120 valence electrons. The van der Waals surface area contributed by atoms with Gasteiger partial charge in [-0.25, -0.2) is 0 Å². The zero-order chi connectivity index (χ0) is 16.2. The van der Waals surface area contributed by atoms with Gasteiger partial charge in [-0.3, -0.25) is 4.79 Å². The molecule has 1 amide bonds. The summed E-state index contributed by atoms with van der Waals surface area (Å²) in [6.45, 7) is -0.0695. The fourth-order valence-electron chi connectivity index (χ4n) is 2.90. The van der Waals surface area contributed by atoms with Crippen molar-refractivity contribution in [2.24, 2.45) is 5.73 Å². The molecule has 0 heterocycles. The summed E-state index contributed by atoms with van der Waals surface area (Å²) in [4.78, 5) is 12.1. The van der Waals surface area contributed by atoms with E-state index in [1.165, 1.54) is 5.56 Å². The minimum atomic E-state index is -0.191. The van der Waals surface area contributed by atoms with Crippen molar-refractivity contribution in [2.75, 3.05) is 13.7 Å². The number of carbonyl (C=O) groups is 1. The highest BCUT2D eigenvalue weighted by Crippen LogP contribution is 2.29. The average Bonchev–Trinajstić information content (AvgIpc) is 2.89. The van der Waals surface area contributed by atoms with Gasteiger partial charge in [-0.1, -0.05) is 36.4 Å². The minimum absolute atomic E-state index is 0.0695. The number of nitrogens with one attached hydrogen (secondary N) is 1. The molecule has 2 aromatic rings. The molecule has 0 aromatic heterocycles. The second-order valence-electron chi connectivity index (χ2n) is 5.54. The van der Waals surface area contributed by atoms with Crippen molar-refractivity contribution in [3.63, 3.8) is 0 Å². The Balaban J connectivity index is 1.57. The molecule has 2 atom stereocenters. The van der Waals surface area contributed by atoms with Gasteiger partial charge in [0.05, 0.1) is 19.2 Å². The Kier molecular flexibility index (Phi) is 4.48. The van der Waals surface area contributed by atoms with Crippen molar-refractivity contribution in [2.45, 2.75) is 18.5 Å². The normalized spacial score (nSPS) is 19.0. The van der Waals surface area contributed by atoms with Gasteiger partial charge in [0.25, 0.3) is 5.91 Å². The summed E-state index contributed by atoms with van der Waals surface area (Å²) in [5, 5.41) is 2.95. The lowest BCUT2D eigenvalue weighted by Gasteiger charge is -2.18. The maximum absolute atomic E-state index is 12.1. The first-order valence-corrected chi connectivity index (χ1v) is 7.57. The summed E-state index contributed by atoms with van der Waals surface area (Å²) in [6.07, 6.45) is 0.748. The van der Waals surface area contributed by atoms with E-state index in [0.717, 1.165) is 12.0 Å². The Bertz CT molecular complexity index is 702. The number of ether oxygens (including phenoxy) is 2. The fourth-order valence-corrected chi connectivity index (χ4v) is 2.90.